The van der Waals surface area contributed by atoms with Crippen molar-refractivity contribution in [1.29, 1.82) is 0 Å². The topological polar surface area (TPSA) is 120 Å². The lowest BCUT2D eigenvalue weighted by atomic mass is 9.90. The molecule has 204 valence electrons. The maximum Gasteiger partial charge on any atom is 0.296 e. The first kappa shape index (κ1) is 25.5. The van der Waals surface area contributed by atoms with Gasteiger partial charge in [-0.25, -0.2) is 13.8 Å². The first-order chi connectivity index (χ1) is 18.1. The molecule has 6 rings (SSSR count). The van der Waals surface area contributed by atoms with E-state index in [4.69, 9.17) is 35.3 Å². The number of aromatic nitrogens is 3. The highest BCUT2D eigenvalue weighted by molar-refractivity contribution is 6.33. The van der Waals surface area contributed by atoms with Gasteiger partial charge in [-0.3, -0.25) is 0 Å². The zero-order valence-electron chi connectivity index (χ0n) is 20.7. The fourth-order valence-corrected chi connectivity index (χ4v) is 5.05. The fourth-order valence-electron chi connectivity index (χ4n) is 4.83. The van der Waals surface area contributed by atoms with Crippen molar-refractivity contribution < 1.29 is 37.6 Å². The summed E-state index contributed by atoms with van der Waals surface area (Å²) in [6, 6.07) is 4.08. The van der Waals surface area contributed by atoms with Gasteiger partial charge in [-0.05, 0) is 13.0 Å². The number of aliphatic hydroxyl groups excluding tert-OH is 1. The number of hydrogen-bond acceptors (Lipinski definition) is 9. The molecular weight excluding hydrogens is 526 g/mol. The van der Waals surface area contributed by atoms with Crippen LogP contribution in [0.4, 0.5) is 14.6 Å². The van der Waals surface area contributed by atoms with Gasteiger partial charge in [-0.1, -0.05) is 18.5 Å². The Balaban J connectivity index is 1.13. The zero-order valence-corrected chi connectivity index (χ0v) is 21.5. The number of imidazole rings is 1. The monoisotopic (exact) mass is 552 g/mol. The van der Waals surface area contributed by atoms with Crippen LogP contribution in [0.2, 0.25) is 5.02 Å². The second-order valence-electron chi connectivity index (χ2n) is 10.5. The molecule has 13 heteroatoms. The number of halogens is 3. The predicted molar refractivity (Wildman–Crippen MR) is 132 cm³/mol. The van der Waals surface area contributed by atoms with E-state index in [1.807, 2.05) is 6.92 Å². The van der Waals surface area contributed by atoms with Crippen molar-refractivity contribution >= 4 is 28.6 Å². The number of hydrogen-bond donors (Lipinski definition) is 3. The molecule has 4 atom stereocenters. The van der Waals surface area contributed by atoms with Crippen molar-refractivity contribution in [3.05, 3.63) is 40.4 Å². The third kappa shape index (κ3) is 4.54. The molecule has 3 saturated heterocycles. The van der Waals surface area contributed by atoms with Gasteiger partial charge in [-0.15, -0.1) is 0 Å². The molecule has 10 nitrogen and oxygen atoms in total. The summed E-state index contributed by atoms with van der Waals surface area (Å²) in [7, 11) is 0. The van der Waals surface area contributed by atoms with Crippen LogP contribution in [0.5, 0.6) is 11.8 Å². The molecule has 0 aliphatic carbocycles. The third-order valence-electron chi connectivity index (χ3n) is 7.26. The molecule has 0 spiro atoms. The summed E-state index contributed by atoms with van der Waals surface area (Å²) in [6.07, 6.45) is -1.67. The molecule has 3 aromatic rings. The van der Waals surface area contributed by atoms with E-state index < -0.39 is 35.5 Å². The van der Waals surface area contributed by atoms with E-state index in [1.165, 1.54) is 0 Å². The summed E-state index contributed by atoms with van der Waals surface area (Å²) in [5, 5.41) is 13.2. The molecule has 3 aliphatic heterocycles. The molecule has 0 saturated carbocycles. The minimum atomic E-state index is -0.839. The van der Waals surface area contributed by atoms with Crippen molar-refractivity contribution in [2.24, 2.45) is 5.41 Å². The Morgan fingerprint density at radius 1 is 1.18 bits per heavy atom. The van der Waals surface area contributed by atoms with E-state index in [0.717, 1.165) is 12.1 Å². The maximum atomic E-state index is 14.7. The minimum Gasteiger partial charge on any atom is -0.493 e. The number of aromatic amines is 1. The standard InChI is InChI=1S/C25H27ClF2N4O6/c1-24(9-34-10-24)11-36-12-3-15(27)13(16(28)4-12)6-29-21-14(26)5-17-22(31-21)32-23(30-17)38-18-7-37-25(2)19(33)8-35-20(18)25/h3-5,18-20,33H,6-11H2,1-2H3,(H2,29,30,31,32)/t18-,19-,20-,25-/m1/s1. The molecule has 1 aromatic carbocycles. The van der Waals surface area contributed by atoms with E-state index in [-0.39, 0.29) is 53.3 Å². The second-order valence-corrected chi connectivity index (χ2v) is 10.9. The highest BCUT2D eigenvalue weighted by Crippen LogP contribution is 2.39. The van der Waals surface area contributed by atoms with Gasteiger partial charge in [0.25, 0.3) is 6.01 Å². The van der Waals surface area contributed by atoms with E-state index >= 15 is 0 Å². The Kier molecular flexibility index (Phi) is 6.35. The van der Waals surface area contributed by atoms with E-state index in [0.29, 0.717) is 31.0 Å². The van der Waals surface area contributed by atoms with Crippen LogP contribution in [-0.4, -0.2) is 77.0 Å². The Hall–Kier alpha value is -2.77. The van der Waals surface area contributed by atoms with Crippen LogP contribution in [-0.2, 0) is 20.8 Å². The van der Waals surface area contributed by atoms with Gasteiger partial charge >= 0.3 is 0 Å². The van der Waals surface area contributed by atoms with Crippen LogP contribution in [0.3, 0.4) is 0 Å². The molecule has 3 fully saturated rings. The quantitative estimate of drug-likeness (QED) is 0.387. The van der Waals surface area contributed by atoms with Gasteiger partial charge in [0.15, 0.2) is 11.8 Å². The fraction of sp³-hybridized carbons (Fsp3) is 0.520. The van der Waals surface area contributed by atoms with Gasteiger partial charge in [0.1, 0.15) is 41.0 Å². The number of rotatable bonds is 8. The number of fused-ring (bicyclic) bond motifs is 2. The number of pyridine rings is 1. The molecule has 0 amide bonds. The summed E-state index contributed by atoms with van der Waals surface area (Å²) in [4.78, 5) is 11.7. The summed E-state index contributed by atoms with van der Waals surface area (Å²) >= 11 is 6.37. The SMILES string of the molecule is CC1(COc2cc(F)c(CNc3nc4nc(O[C@@H]5CO[C@]6(C)[C@H](O)CO[C@H]56)[nH]c4cc3Cl)c(F)c2)COC1. The van der Waals surface area contributed by atoms with Gasteiger partial charge in [0.05, 0.1) is 43.6 Å². The largest absolute Gasteiger partial charge is 0.493 e. The Morgan fingerprint density at radius 2 is 1.95 bits per heavy atom. The lowest BCUT2D eigenvalue weighted by molar-refractivity contribution is -0.120. The van der Waals surface area contributed by atoms with Gasteiger partial charge < -0.3 is 39.1 Å². The second kappa shape index (κ2) is 9.45. The minimum absolute atomic E-state index is 0.115. The number of H-pyrrole nitrogens is 1. The third-order valence-corrected chi connectivity index (χ3v) is 7.55. The molecule has 2 aromatic heterocycles. The lowest BCUT2D eigenvalue weighted by Gasteiger charge is -2.37. The average Bonchev–Trinajstić information content (AvgIpc) is 3.48. The van der Waals surface area contributed by atoms with Crippen molar-refractivity contribution in [2.75, 3.05) is 38.4 Å². The summed E-state index contributed by atoms with van der Waals surface area (Å²) in [5.74, 6) is -1.18. The molecule has 3 N–H and O–H groups in total. The van der Waals surface area contributed by atoms with Crippen LogP contribution in [0.25, 0.3) is 11.2 Å². The first-order valence-corrected chi connectivity index (χ1v) is 12.6. The van der Waals surface area contributed by atoms with Crippen LogP contribution >= 0.6 is 11.6 Å². The average molecular weight is 553 g/mol. The highest BCUT2D eigenvalue weighted by atomic mass is 35.5. The number of ether oxygens (including phenoxy) is 5. The molecule has 38 heavy (non-hydrogen) atoms. The van der Waals surface area contributed by atoms with Crippen molar-refractivity contribution in [2.45, 2.75) is 44.3 Å². The molecule has 0 bridgehead atoms. The van der Waals surface area contributed by atoms with Gasteiger partial charge in [-0.2, -0.15) is 4.98 Å². The number of anilines is 1. The van der Waals surface area contributed by atoms with Crippen LogP contribution in [0.15, 0.2) is 18.2 Å². The smallest absolute Gasteiger partial charge is 0.296 e. The highest BCUT2D eigenvalue weighted by Gasteiger charge is 2.58. The number of aliphatic hydroxyl groups is 1. The van der Waals surface area contributed by atoms with Crippen LogP contribution in [0, 0.1) is 17.0 Å². The van der Waals surface area contributed by atoms with Crippen molar-refractivity contribution in [3.63, 3.8) is 0 Å². The van der Waals surface area contributed by atoms with E-state index in [1.54, 1.807) is 13.0 Å². The first-order valence-electron chi connectivity index (χ1n) is 12.2. The lowest BCUT2D eigenvalue weighted by Crippen LogP contribution is -2.45. The Morgan fingerprint density at radius 3 is 2.66 bits per heavy atom. The van der Waals surface area contributed by atoms with Gasteiger partial charge in [0, 0.05) is 29.7 Å². The van der Waals surface area contributed by atoms with Gasteiger partial charge in [0.2, 0.25) is 0 Å². The Labute approximate surface area is 221 Å². The normalized spacial score (nSPS) is 27.8. The number of nitrogens with one attached hydrogen (secondary N) is 2. The Bertz CT molecular complexity index is 1350. The maximum absolute atomic E-state index is 14.7. The molecule has 5 heterocycles. The van der Waals surface area contributed by atoms with E-state index in [9.17, 15) is 13.9 Å². The predicted octanol–water partition coefficient (Wildman–Crippen LogP) is 3.21. The van der Waals surface area contributed by atoms with Crippen molar-refractivity contribution in [1.82, 2.24) is 15.0 Å². The number of benzene rings is 1. The molecule has 3 aliphatic rings. The summed E-state index contributed by atoms with van der Waals surface area (Å²) in [6.45, 7) is 5.37. The summed E-state index contributed by atoms with van der Waals surface area (Å²) in [5.41, 5.74) is -0.367. The molecule has 0 unspecified atom stereocenters. The summed E-state index contributed by atoms with van der Waals surface area (Å²) < 4.78 is 57.5. The van der Waals surface area contributed by atoms with Crippen LogP contribution in [0.1, 0.15) is 19.4 Å². The number of nitrogens with zero attached hydrogens (tertiary/aromatic N) is 2. The van der Waals surface area contributed by atoms with E-state index in [2.05, 4.69) is 20.3 Å². The van der Waals surface area contributed by atoms with Crippen molar-refractivity contribution in [3.8, 4) is 11.8 Å². The molecular formula is C25H27ClF2N4O6. The van der Waals surface area contributed by atoms with Crippen LogP contribution < -0.4 is 14.8 Å². The molecule has 0 radical (unpaired) electrons. The zero-order chi connectivity index (χ0) is 26.7.